The maximum Gasteiger partial charge on any atom is 0.243 e. The van der Waals surface area contributed by atoms with E-state index < -0.39 is 5.92 Å². The molecular formula is C28H30ClN3O4. The Kier molecular flexibility index (Phi) is 8.00. The topological polar surface area (TPSA) is 79.9 Å². The molecule has 0 radical (unpaired) electrons. The highest BCUT2D eigenvalue weighted by Gasteiger charge is 2.35. The maximum atomic E-state index is 12.8. The first-order valence-corrected chi connectivity index (χ1v) is 12.3. The number of hydrogen-bond donors (Lipinski definition) is 2. The molecule has 0 aromatic heterocycles. The van der Waals surface area contributed by atoms with E-state index in [-0.39, 0.29) is 18.2 Å². The SMILES string of the molecule is CCOc1cc(NNC(=O)[C@H]2CC(=O)N(c3ccc(C)c(C)c3)C2)ccc1OCc1ccc(Cl)cc1. The normalized spacial score (nSPS) is 15.1. The lowest BCUT2D eigenvalue weighted by molar-refractivity contribution is -0.125. The predicted octanol–water partition coefficient (Wildman–Crippen LogP) is 5.43. The van der Waals surface area contributed by atoms with Crippen LogP contribution in [-0.4, -0.2) is 25.0 Å². The number of ether oxygens (including phenoxy) is 2. The van der Waals surface area contributed by atoms with Gasteiger partial charge < -0.3 is 14.4 Å². The number of benzene rings is 3. The first-order valence-electron chi connectivity index (χ1n) is 11.9. The van der Waals surface area contributed by atoms with Crippen molar-refractivity contribution >= 4 is 34.8 Å². The number of aryl methyl sites for hydroxylation is 2. The van der Waals surface area contributed by atoms with E-state index in [9.17, 15) is 9.59 Å². The molecule has 1 atom stereocenters. The molecule has 3 aromatic carbocycles. The highest BCUT2D eigenvalue weighted by Crippen LogP contribution is 2.31. The van der Waals surface area contributed by atoms with Gasteiger partial charge in [-0.3, -0.25) is 20.4 Å². The van der Waals surface area contributed by atoms with Gasteiger partial charge >= 0.3 is 0 Å². The summed E-state index contributed by atoms with van der Waals surface area (Å²) in [7, 11) is 0. The molecule has 0 spiro atoms. The zero-order chi connectivity index (χ0) is 25.7. The third-order valence-electron chi connectivity index (χ3n) is 6.18. The fourth-order valence-corrected chi connectivity index (χ4v) is 4.10. The molecular weight excluding hydrogens is 478 g/mol. The van der Waals surface area contributed by atoms with Crippen LogP contribution in [-0.2, 0) is 16.2 Å². The molecule has 2 amide bonds. The van der Waals surface area contributed by atoms with Crippen molar-refractivity contribution in [2.75, 3.05) is 23.5 Å². The number of rotatable bonds is 9. The van der Waals surface area contributed by atoms with Crippen LogP contribution >= 0.6 is 11.6 Å². The lowest BCUT2D eigenvalue weighted by atomic mass is 10.1. The minimum Gasteiger partial charge on any atom is -0.490 e. The molecule has 4 rings (SSSR count). The summed E-state index contributed by atoms with van der Waals surface area (Å²) in [5.41, 5.74) is 10.4. The van der Waals surface area contributed by atoms with E-state index >= 15 is 0 Å². The molecule has 36 heavy (non-hydrogen) atoms. The van der Waals surface area contributed by atoms with Gasteiger partial charge in [0.15, 0.2) is 11.5 Å². The van der Waals surface area contributed by atoms with Crippen LogP contribution in [0.4, 0.5) is 11.4 Å². The quantitative estimate of drug-likeness (QED) is 0.377. The van der Waals surface area contributed by atoms with Crippen LogP contribution in [0.3, 0.4) is 0 Å². The molecule has 188 valence electrons. The van der Waals surface area contributed by atoms with Gasteiger partial charge in [-0.15, -0.1) is 0 Å². The van der Waals surface area contributed by atoms with Gasteiger partial charge in [0, 0.05) is 29.7 Å². The monoisotopic (exact) mass is 507 g/mol. The van der Waals surface area contributed by atoms with Crippen molar-refractivity contribution in [1.29, 1.82) is 0 Å². The molecule has 0 unspecified atom stereocenters. The van der Waals surface area contributed by atoms with Crippen molar-refractivity contribution in [3.63, 3.8) is 0 Å². The Morgan fingerprint density at radius 3 is 2.50 bits per heavy atom. The minimum absolute atomic E-state index is 0.0563. The Morgan fingerprint density at radius 1 is 1.00 bits per heavy atom. The van der Waals surface area contributed by atoms with E-state index in [0.717, 1.165) is 22.4 Å². The van der Waals surface area contributed by atoms with E-state index in [2.05, 4.69) is 10.9 Å². The number of nitrogens with zero attached hydrogens (tertiary/aromatic N) is 1. The maximum absolute atomic E-state index is 12.8. The van der Waals surface area contributed by atoms with Crippen molar-refractivity contribution in [2.24, 2.45) is 5.92 Å². The summed E-state index contributed by atoms with van der Waals surface area (Å²) in [6, 6.07) is 18.7. The molecule has 2 N–H and O–H groups in total. The third kappa shape index (κ3) is 6.10. The van der Waals surface area contributed by atoms with Crippen LogP contribution in [0.5, 0.6) is 11.5 Å². The van der Waals surface area contributed by atoms with Crippen molar-refractivity contribution in [2.45, 2.75) is 33.8 Å². The number of amides is 2. The molecule has 3 aromatic rings. The van der Waals surface area contributed by atoms with Crippen LogP contribution in [0, 0.1) is 19.8 Å². The smallest absolute Gasteiger partial charge is 0.243 e. The summed E-state index contributed by atoms with van der Waals surface area (Å²) in [4.78, 5) is 27.1. The van der Waals surface area contributed by atoms with Gasteiger partial charge in [-0.1, -0.05) is 29.8 Å². The highest BCUT2D eigenvalue weighted by molar-refractivity contribution is 6.30. The molecule has 7 nitrogen and oxygen atoms in total. The highest BCUT2D eigenvalue weighted by atomic mass is 35.5. The molecule has 1 saturated heterocycles. The summed E-state index contributed by atoms with van der Waals surface area (Å²) < 4.78 is 11.7. The van der Waals surface area contributed by atoms with E-state index in [1.807, 2.05) is 63.2 Å². The molecule has 0 saturated carbocycles. The van der Waals surface area contributed by atoms with Gasteiger partial charge in [-0.2, -0.15) is 0 Å². The molecule has 1 aliphatic rings. The van der Waals surface area contributed by atoms with E-state index in [1.54, 1.807) is 23.1 Å². The first-order chi connectivity index (χ1) is 17.3. The van der Waals surface area contributed by atoms with Crippen LogP contribution in [0.15, 0.2) is 60.7 Å². The second-order valence-corrected chi connectivity index (χ2v) is 9.23. The lowest BCUT2D eigenvalue weighted by Gasteiger charge is -2.18. The number of carbonyl (C=O) groups excluding carboxylic acids is 2. The summed E-state index contributed by atoms with van der Waals surface area (Å²) in [5.74, 6) is 0.409. The molecule has 8 heteroatoms. The minimum atomic E-state index is -0.444. The third-order valence-corrected chi connectivity index (χ3v) is 6.43. The van der Waals surface area contributed by atoms with Gasteiger partial charge in [0.25, 0.3) is 0 Å². The number of hydrazine groups is 1. The van der Waals surface area contributed by atoms with Crippen LogP contribution in [0.1, 0.15) is 30.0 Å². The van der Waals surface area contributed by atoms with Crippen LogP contribution in [0.2, 0.25) is 5.02 Å². The molecule has 1 heterocycles. The fraction of sp³-hybridized carbons (Fsp3) is 0.286. The Bertz CT molecular complexity index is 1250. The van der Waals surface area contributed by atoms with Crippen molar-refractivity contribution in [1.82, 2.24) is 5.43 Å². The molecule has 1 fully saturated rings. The summed E-state index contributed by atoms with van der Waals surface area (Å²) in [5, 5.41) is 0.672. The zero-order valence-corrected chi connectivity index (χ0v) is 21.4. The number of hydrogen-bond acceptors (Lipinski definition) is 5. The van der Waals surface area contributed by atoms with Gasteiger partial charge in [-0.25, -0.2) is 0 Å². The summed E-state index contributed by atoms with van der Waals surface area (Å²) >= 11 is 5.94. The second kappa shape index (κ2) is 11.4. The number of carbonyl (C=O) groups is 2. The first kappa shape index (κ1) is 25.4. The Hall–Kier alpha value is -3.71. The van der Waals surface area contributed by atoms with E-state index in [4.69, 9.17) is 21.1 Å². The predicted molar refractivity (Wildman–Crippen MR) is 142 cm³/mol. The number of halogens is 1. The van der Waals surface area contributed by atoms with Crippen molar-refractivity contribution in [3.05, 3.63) is 82.4 Å². The summed E-state index contributed by atoms with van der Waals surface area (Å²) in [6.07, 6.45) is 0.169. The Morgan fingerprint density at radius 2 is 1.78 bits per heavy atom. The van der Waals surface area contributed by atoms with Gasteiger partial charge in [0.2, 0.25) is 11.8 Å². The average molecular weight is 508 g/mol. The van der Waals surface area contributed by atoms with E-state index in [1.165, 1.54) is 0 Å². The van der Waals surface area contributed by atoms with Crippen LogP contribution < -0.4 is 25.2 Å². The van der Waals surface area contributed by atoms with Crippen LogP contribution in [0.25, 0.3) is 0 Å². The second-order valence-electron chi connectivity index (χ2n) is 8.80. The zero-order valence-electron chi connectivity index (χ0n) is 20.6. The standard InChI is InChI=1S/C28H30ClN3O4/c1-4-35-26-15-23(10-12-25(26)36-17-20-6-8-22(29)9-7-20)30-31-28(34)21-14-27(33)32(16-21)24-11-5-18(2)19(3)13-24/h5-13,15,21,30H,4,14,16-17H2,1-3H3,(H,31,34)/t21-/m0/s1. The summed E-state index contributed by atoms with van der Waals surface area (Å²) in [6.45, 7) is 7.11. The average Bonchev–Trinajstić information content (AvgIpc) is 3.26. The van der Waals surface area contributed by atoms with Crippen molar-refractivity contribution < 1.29 is 19.1 Å². The largest absolute Gasteiger partial charge is 0.490 e. The Balaban J connectivity index is 1.35. The van der Waals surface area contributed by atoms with Gasteiger partial charge in [0.1, 0.15) is 6.61 Å². The fourth-order valence-electron chi connectivity index (χ4n) is 3.98. The number of anilines is 2. The van der Waals surface area contributed by atoms with Gasteiger partial charge in [0.05, 0.1) is 18.2 Å². The van der Waals surface area contributed by atoms with E-state index in [0.29, 0.717) is 42.0 Å². The molecule has 0 bridgehead atoms. The van der Waals surface area contributed by atoms with Crippen molar-refractivity contribution in [3.8, 4) is 11.5 Å². The molecule has 1 aliphatic heterocycles. The van der Waals surface area contributed by atoms with Gasteiger partial charge in [-0.05, 0) is 73.9 Å². The number of nitrogens with one attached hydrogen (secondary N) is 2. The Labute approximate surface area is 216 Å². The lowest BCUT2D eigenvalue weighted by Crippen LogP contribution is -2.36. The molecule has 0 aliphatic carbocycles.